The number of nitriles is 2. The van der Waals surface area contributed by atoms with E-state index in [2.05, 4.69) is 34.1 Å². The fourth-order valence-electron chi connectivity index (χ4n) is 5.59. The zero-order valence-electron chi connectivity index (χ0n) is 17.7. The van der Waals surface area contributed by atoms with Crippen molar-refractivity contribution in [1.82, 2.24) is 9.80 Å². The van der Waals surface area contributed by atoms with Gasteiger partial charge in [0.2, 0.25) is 5.91 Å². The monoisotopic (exact) mass is 410 g/mol. The summed E-state index contributed by atoms with van der Waals surface area (Å²) in [5, 5.41) is 18.2. The van der Waals surface area contributed by atoms with Gasteiger partial charge in [-0.1, -0.05) is 12.1 Å². The molecule has 0 radical (unpaired) electrons. The van der Waals surface area contributed by atoms with E-state index in [9.17, 15) is 4.79 Å². The van der Waals surface area contributed by atoms with Gasteiger partial charge in [-0.2, -0.15) is 10.5 Å². The van der Waals surface area contributed by atoms with Crippen LogP contribution in [0.15, 0.2) is 36.4 Å². The van der Waals surface area contributed by atoms with Crippen LogP contribution in [0.5, 0.6) is 0 Å². The van der Waals surface area contributed by atoms with Gasteiger partial charge in [0.05, 0.1) is 29.8 Å². The standard InChI is InChI=1S/C26H26N4O/c27-15-18-1-3-22-13-24(7-5-20(22)11-18)29-9-10-30(26(31)17-29)25-8-6-21-12-19(16-28)2-4-23(21)14-25/h1-4,11-12,24-25H,5-10,13-14,17H2/t24-,25-/m1/s1. The Labute approximate surface area is 183 Å². The smallest absolute Gasteiger partial charge is 0.237 e. The van der Waals surface area contributed by atoms with Crippen molar-refractivity contribution >= 4 is 5.91 Å². The van der Waals surface area contributed by atoms with Crippen molar-refractivity contribution in [2.75, 3.05) is 19.6 Å². The van der Waals surface area contributed by atoms with Crippen molar-refractivity contribution in [2.45, 2.75) is 50.6 Å². The second-order valence-electron chi connectivity index (χ2n) is 9.04. The van der Waals surface area contributed by atoms with Crippen LogP contribution in [0.3, 0.4) is 0 Å². The van der Waals surface area contributed by atoms with E-state index < -0.39 is 0 Å². The van der Waals surface area contributed by atoms with Gasteiger partial charge in [-0.05, 0) is 85.0 Å². The molecular formula is C26H26N4O. The molecule has 1 amide bonds. The highest BCUT2D eigenvalue weighted by molar-refractivity contribution is 5.79. The summed E-state index contributed by atoms with van der Waals surface area (Å²) in [6.45, 7) is 2.23. The molecule has 3 aliphatic rings. The molecule has 31 heavy (non-hydrogen) atoms. The summed E-state index contributed by atoms with van der Waals surface area (Å²) >= 11 is 0. The third-order valence-electron chi connectivity index (χ3n) is 7.32. The molecule has 5 heteroatoms. The Hall–Kier alpha value is -3.15. The van der Waals surface area contributed by atoms with E-state index in [1.165, 1.54) is 22.3 Å². The maximum Gasteiger partial charge on any atom is 0.237 e. The van der Waals surface area contributed by atoms with Crippen LogP contribution in [0.25, 0.3) is 0 Å². The molecule has 0 aromatic heterocycles. The number of hydrogen-bond acceptors (Lipinski definition) is 4. The first-order chi connectivity index (χ1) is 15.1. The minimum atomic E-state index is 0.249. The van der Waals surface area contributed by atoms with Gasteiger partial charge in [0.1, 0.15) is 0 Å². The lowest BCUT2D eigenvalue weighted by molar-refractivity contribution is -0.140. The second-order valence-corrected chi connectivity index (χ2v) is 9.04. The Morgan fingerprint density at radius 3 is 1.94 bits per heavy atom. The summed E-state index contributed by atoms with van der Waals surface area (Å²) < 4.78 is 0. The first kappa shape index (κ1) is 19.8. The molecule has 1 fully saturated rings. The minimum Gasteiger partial charge on any atom is -0.337 e. The molecule has 1 saturated heterocycles. The number of rotatable bonds is 2. The van der Waals surface area contributed by atoms with E-state index in [0.29, 0.717) is 12.6 Å². The number of piperazine rings is 1. The maximum atomic E-state index is 13.1. The van der Waals surface area contributed by atoms with Gasteiger partial charge in [-0.3, -0.25) is 9.69 Å². The van der Waals surface area contributed by atoms with Crippen LogP contribution >= 0.6 is 0 Å². The van der Waals surface area contributed by atoms with Gasteiger partial charge >= 0.3 is 0 Å². The van der Waals surface area contributed by atoms with Crippen molar-refractivity contribution in [3.05, 3.63) is 69.8 Å². The van der Waals surface area contributed by atoms with Gasteiger partial charge in [0, 0.05) is 25.2 Å². The normalized spacial score (nSPS) is 23.4. The average Bonchev–Trinajstić information content (AvgIpc) is 2.82. The number of amides is 1. The minimum absolute atomic E-state index is 0.249. The van der Waals surface area contributed by atoms with Gasteiger partial charge < -0.3 is 4.90 Å². The van der Waals surface area contributed by atoms with E-state index in [1.54, 1.807) is 0 Å². The second kappa shape index (κ2) is 8.17. The fourth-order valence-corrected chi connectivity index (χ4v) is 5.59. The van der Waals surface area contributed by atoms with E-state index in [4.69, 9.17) is 10.5 Å². The van der Waals surface area contributed by atoms with E-state index in [0.717, 1.165) is 62.7 Å². The van der Waals surface area contributed by atoms with Crippen molar-refractivity contribution < 1.29 is 4.79 Å². The van der Waals surface area contributed by atoms with Crippen molar-refractivity contribution in [3.8, 4) is 12.1 Å². The first-order valence-electron chi connectivity index (χ1n) is 11.2. The number of benzene rings is 2. The average molecular weight is 411 g/mol. The highest BCUT2D eigenvalue weighted by atomic mass is 16.2. The van der Waals surface area contributed by atoms with E-state index in [1.807, 2.05) is 24.3 Å². The van der Waals surface area contributed by atoms with E-state index >= 15 is 0 Å². The SMILES string of the molecule is N#Cc1ccc2c(c1)CC[C@@H](N1CCN([C@@H]3CCc4cc(C#N)ccc4C3)C(=O)C1)C2. The fraction of sp³-hybridized carbons (Fsp3) is 0.423. The van der Waals surface area contributed by atoms with Gasteiger partial charge in [-0.15, -0.1) is 0 Å². The molecular weight excluding hydrogens is 384 g/mol. The Bertz CT molecular complexity index is 1110. The van der Waals surface area contributed by atoms with Crippen molar-refractivity contribution in [3.63, 3.8) is 0 Å². The number of aryl methyl sites for hydroxylation is 2. The molecule has 1 aliphatic heterocycles. The highest BCUT2D eigenvalue weighted by Gasteiger charge is 2.35. The van der Waals surface area contributed by atoms with Crippen LogP contribution in [-0.2, 0) is 30.5 Å². The zero-order valence-corrected chi connectivity index (χ0v) is 17.7. The largest absolute Gasteiger partial charge is 0.337 e. The summed E-state index contributed by atoms with van der Waals surface area (Å²) in [6, 6.07) is 17.1. The Balaban J connectivity index is 1.22. The molecule has 1 heterocycles. The molecule has 0 N–H and O–H groups in total. The van der Waals surface area contributed by atoms with Crippen LogP contribution in [0.4, 0.5) is 0 Å². The lowest BCUT2D eigenvalue weighted by atomic mass is 9.85. The molecule has 2 aliphatic carbocycles. The Kier molecular flexibility index (Phi) is 5.22. The number of nitrogens with zero attached hydrogens (tertiary/aromatic N) is 4. The highest BCUT2D eigenvalue weighted by Crippen LogP contribution is 2.29. The molecule has 0 spiro atoms. The maximum absolute atomic E-state index is 13.1. The van der Waals surface area contributed by atoms with Gasteiger partial charge in [-0.25, -0.2) is 0 Å². The number of carbonyl (C=O) groups is 1. The van der Waals surface area contributed by atoms with Gasteiger partial charge in [0.15, 0.2) is 0 Å². The zero-order chi connectivity index (χ0) is 21.4. The summed E-state index contributed by atoms with van der Waals surface area (Å²) in [5.74, 6) is 0.249. The van der Waals surface area contributed by atoms with Crippen LogP contribution in [-0.4, -0.2) is 47.4 Å². The molecule has 0 saturated carbocycles. The molecule has 2 aromatic rings. The van der Waals surface area contributed by atoms with Crippen LogP contribution in [0.2, 0.25) is 0 Å². The van der Waals surface area contributed by atoms with Crippen LogP contribution in [0, 0.1) is 22.7 Å². The van der Waals surface area contributed by atoms with E-state index in [-0.39, 0.29) is 11.9 Å². The molecule has 156 valence electrons. The summed E-state index contributed by atoms with van der Waals surface area (Å²) in [7, 11) is 0. The predicted octanol–water partition coefficient (Wildman–Crippen LogP) is 2.99. The van der Waals surface area contributed by atoms with Crippen molar-refractivity contribution in [2.24, 2.45) is 0 Å². The Morgan fingerprint density at radius 2 is 1.35 bits per heavy atom. The number of carbonyl (C=O) groups excluding carboxylic acids is 1. The predicted molar refractivity (Wildman–Crippen MR) is 117 cm³/mol. The lowest BCUT2D eigenvalue weighted by Crippen LogP contribution is -2.58. The summed E-state index contributed by atoms with van der Waals surface area (Å²) in [4.78, 5) is 17.6. The number of fused-ring (bicyclic) bond motifs is 2. The third-order valence-corrected chi connectivity index (χ3v) is 7.32. The first-order valence-corrected chi connectivity index (χ1v) is 11.2. The summed E-state index contributed by atoms with van der Waals surface area (Å²) in [5.41, 5.74) is 6.62. The van der Waals surface area contributed by atoms with Gasteiger partial charge in [0.25, 0.3) is 0 Å². The molecule has 0 unspecified atom stereocenters. The summed E-state index contributed by atoms with van der Waals surface area (Å²) in [6.07, 6.45) is 5.80. The molecule has 0 bridgehead atoms. The topological polar surface area (TPSA) is 71.1 Å². The third kappa shape index (κ3) is 3.82. The van der Waals surface area contributed by atoms with Crippen LogP contribution in [0.1, 0.15) is 46.2 Å². The number of hydrogen-bond donors (Lipinski definition) is 0. The molecule has 2 aromatic carbocycles. The molecule has 5 nitrogen and oxygen atoms in total. The van der Waals surface area contributed by atoms with Crippen molar-refractivity contribution in [1.29, 1.82) is 10.5 Å². The quantitative estimate of drug-likeness (QED) is 0.763. The van der Waals surface area contributed by atoms with Crippen LogP contribution < -0.4 is 0 Å². The molecule has 5 rings (SSSR count). The lowest BCUT2D eigenvalue weighted by Gasteiger charge is -2.44. The molecule has 2 atom stereocenters. The Morgan fingerprint density at radius 1 is 0.774 bits per heavy atom.